The van der Waals surface area contributed by atoms with Crippen molar-refractivity contribution in [2.45, 2.75) is 26.0 Å². The van der Waals surface area contributed by atoms with E-state index in [1.54, 1.807) is 49.1 Å². The Kier molecular flexibility index (Phi) is 6.63. The van der Waals surface area contributed by atoms with E-state index >= 15 is 0 Å². The summed E-state index contributed by atoms with van der Waals surface area (Å²) in [7, 11) is 0. The van der Waals surface area contributed by atoms with E-state index in [2.05, 4.69) is 18.4 Å². The zero-order chi connectivity index (χ0) is 19.2. The molecule has 0 fully saturated rings. The molecule has 2 aromatic carbocycles. The fraction of sp³-hybridized carbons (Fsp3) is 0.227. The Morgan fingerprint density at radius 3 is 2.46 bits per heavy atom. The molecule has 0 saturated carbocycles. The third kappa shape index (κ3) is 5.77. The number of carbonyl (C=O) groups is 1. The van der Waals surface area contributed by atoms with Crippen LogP contribution in [0.3, 0.4) is 0 Å². The van der Waals surface area contributed by atoms with E-state index in [0.29, 0.717) is 23.7 Å². The van der Waals surface area contributed by atoms with Crippen LogP contribution in [0.5, 0.6) is 0 Å². The fourth-order valence-corrected chi connectivity index (χ4v) is 2.51. The zero-order valence-corrected chi connectivity index (χ0v) is 15.8. The third-order valence-corrected chi connectivity index (χ3v) is 3.97. The average Bonchev–Trinajstić information content (AvgIpc) is 2.60. The number of carbonyl (C=O) groups excluding carboxylic acids is 1. The van der Waals surface area contributed by atoms with Crippen molar-refractivity contribution >= 4 is 17.5 Å². The van der Waals surface area contributed by atoms with E-state index in [4.69, 9.17) is 11.6 Å². The summed E-state index contributed by atoms with van der Waals surface area (Å²) in [5.74, 6) is 5.54. The maximum absolute atomic E-state index is 12.8. The normalized spacial score (nSPS) is 10.6. The van der Waals surface area contributed by atoms with Gasteiger partial charge in [-0.05, 0) is 49.7 Å². The molecule has 2 rings (SSSR count). The van der Waals surface area contributed by atoms with Gasteiger partial charge in [-0.3, -0.25) is 4.79 Å². The van der Waals surface area contributed by atoms with Crippen LogP contribution in [0.15, 0.2) is 61.2 Å². The van der Waals surface area contributed by atoms with Crippen LogP contribution in [0, 0.1) is 11.8 Å². The Balaban J connectivity index is 2.19. The summed E-state index contributed by atoms with van der Waals surface area (Å²) in [6.07, 6.45) is 1.69. The van der Waals surface area contributed by atoms with Crippen LogP contribution < -0.4 is 0 Å². The molecule has 26 heavy (non-hydrogen) atoms. The van der Waals surface area contributed by atoms with Gasteiger partial charge in [0.2, 0.25) is 0 Å². The van der Waals surface area contributed by atoms with Gasteiger partial charge in [0.25, 0.3) is 5.91 Å². The summed E-state index contributed by atoms with van der Waals surface area (Å²) in [5.41, 5.74) is 1.14. The van der Waals surface area contributed by atoms with Crippen molar-refractivity contribution in [1.29, 1.82) is 0 Å². The summed E-state index contributed by atoms with van der Waals surface area (Å²) < 4.78 is 0. The first kappa shape index (κ1) is 19.8. The molecular weight excluding hydrogens is 346 g/mol. The molecule has 0 bridgehead atoms. The molecule has 3 nitrogen and oxygen atoms in total. The van der Waals surface area contributed by atoms with Gasteiger partial charge >= 0.3 is 0 Å². The Morgan fingerprint density at radius 2 is 1.88 bits per heavy atom. The lowest BCUT2D eigenvalue weighted by Gasteiger charge is -2.22. The molecule has 0 aliphatic carbocycles. The molecule has 0 spiro atoms. The summed E-state index contributed by atoms with van der Waals surface area (Å²) in [5, 5.41) is 10.3. The predicted octanol–water partition coefficient (Wildman–Crippen LogP) is 4.29. The van der Waals surface area contributed by atoms with E-state index in [1.165, 1.54) is 0 Å². The number of hydrogen-bond acceptors (Lipinski definition) is 2. The van der Waals surface area contributed by atoms with Crippen LogP contribution in [0.4, 0.5) is 0 Å². The van der Waals surface area contributed by atoms with Gasteiger partial charge in [-0.1, -0.05) is 47.7 Å². The second-order valence-corrected chi connectivity index (χ2v) is 6.86. The molecule has 0 aliphatic heterocycles. The third-order valence-electron chi connectivity index (χ3n) is 3.60. The monoisotopic (exact) mass is 367 g/mol. The number of hydrogen-bond donors (Lipinski definition) is 1. The lowest BCUT2D eigenvalue weighted by molar-refractivity contribution is 0.0762. The van der Waals surface area contributed by atoms with Gasteiger partial charge < -0.3 is 10.0 Å². The average molecular weight is 368 g/mol. The topological polar surface area (TPSA) is 40.5 Å². The van der Waals surface area contributed by atoms with Crippen LogP contribution >= 0.6 is 11.6 Å². The highest BCUT2D eigenvalue weighted by Gasteiger charge is 2.16. The summed E-state index contributed by atoms with van der Waals surface area (Å²) >= 11 is 6.21. The highest BCUT2D eigenvalue weighted by Crippen LogP contribution is 2.18. The summed E-state index contributed by atoms with van der Waals surface area (Å²) in [4.78, 5) is 14.5. The SMILES string of the molecule is C=CCN(Cc1ccccc1Cl)C(=O)c1ccc(C#CC(C)(C)O)cc1. The van der Waals surface area contributed by atoms with Crippen molar-refractivity contribution in [2.75, 3.05) is 6.54 Å². The number of nitrogens with zero attached hydrogens (tertiary/aromatic N) is 1. The molecule has 2 aromatic rings. The van der Waals surface area contributed by atoms with Gasteiger partial charge in [0.05, 0.1) is 0 Å². The van der Waals surface area contributed by atoms with E-state index in [1.807, 2.05) is 24.3 Å². The highest BCUT2D eigenvalue weighted by molar-refractivity contribution is 6.31. The van der Waals surface area contributed by atoms with Crippen LogP contribution in [0.2, 0.25) is 5.02 Å². The number of rotatable bonds is 5. The van der Waals surface area contributed by atoms with Crippen molar-refractivity contribution in [3.63, 3.8) is 0 Å². The van der Waals surface area contributed by atoms with Gasteiger partial charge in [-0.2, -0.15) is 0 Å². The van der Waals surface area contributed by atoms with Crippen molar-refractivity contribution < 1.29 is 9.90 Å². The largest absolute Gasteiger partial charge is 0.378 e. The van der Waals surface area contributed by atoms with E-state index in [-0.39, 0.29) is 5.91 Å². The maximum atomic E-state index is 12.8. The zero-order valence-electron chi connectivity index (χ0n) is 15.0. The Hall–Kier alpha value is -2.54. The minimum Gasteiger partial charge on any atom is -0.378 e. The second kappa shape index (κ2) is 8.71. The quantitative estimate of drug-likeness (QED) is 0.632. The van der Waals surface area contributed by atoms with Crippen molar-refractivity contribution in [3.8, 4) is 11.8 Å². The van der Waals surface area contributed by atoms with E-state index in [9.17, 15) is 9.90 Å². The van der Waals surface area contributed by atoms with Crippen LogP contribution in [-0.2, 0) is 6.54 Å². The number of aliphatic hydroxyl groups is 1. The molecule has 1 amide bonds. The number of amides is 1. The molecule has 0 heterocycles. The Bertz CT molecular complexity index is 839. The second-order valence-electron chi connectivity index (χ2n) is 6.45. The lowest BCUT2D eigenvalue weighted by atomic mass is 10.1. The molecule has 0 aliphatic rings. The minimum absolute atomic E-state index is 0.105. The molecule has 0 unspecified atom stereocenters. The first-order valence-electron chi connectivity index (χ1n) is 8.29. The smallest absolute Gasteiger partial charge is 0.254 e. The van der Waals surface area contributed by atoms with Crippen molar-refractivity contribution in [3.05, 3.63) is 82.9 Å². The van der Waals surface area contributed by atoms with Crippen molar-refractivity contribution in [2.24, 2.45) is 0 Å². The molecule has 4 heteroatoms. The Morgan fingerprint density at radius 1 is 1.23 bits per heavy atom. The van der Waals surface area contributed by atoms with E-state index < -0.39 is 5.60 Å². The van der Waals surface area contributed by atoms with Gasteiger partial charge in [-0.25, -0.2) is 0 Å². The standard InChI is InChI=1S/C22H22ClNO2/c1-4-15-24(16-19-7-5-6-8-20(19)23)21(25)18-11-9-17(10-12-18)13-14-22(2,3)26/h4-12,26H,1,15-16H2,2-3H3. The first-order valence-corrected chi connectivity index (χ1v) is 8.67. The lowest BCUT2D eigenvalue weighted by Crippen LogP contribution is -2.30. The van der Waals surface area contributed by atoms with E-state index in [0.717, 1.165) is 11.1 Å². The molecule has 1 N–H and O–H groups in total. The summed E-state index contributed by atoms with van der Waals surface area (Å²) in [6.45, 7) is 7.81. The van der Waals surface area contributed by atoms with Crippen LogP contribution in [-0.4, -0.2) is 28.1 Å². The highest BCUT2D eigenvalue weighted by atomic mass is 35.5. The Labute approximate surface area is 159 Å². The summed E-state index contributed by atoms with van der Waals surface area (Å²) in [6, 6.07) is 14.5. The van der Waals surface area contributed by atoms with Gasteiger partial charge in [0.1, 0.15) is 5.60 Å². The van der Waals surface area contributed by atoms with Gasteiger partial charge in [0, 0.05) is 29.2 Å². The number of halogens is 1. The van der Waals surface area contributed by atoms with Gasteiger partial charge in [0.15, 0.2) is 0 Å². The van der Waals surface area contributed by atoms with Crippen LogP contribution in [0.25, 0.3) is 0 Å². The predicted molar refractivity (Wildman–Crippen MR) is 106 cm³/mol. The molecule has 0 saturated heterocycles. The fourth-order valence-electron chi connectivity index (χ4n) is 2.31. The molecular formula is C22H22ClNO2. The maximum Gasteiger partial charge on any atom is 0.254 e. The molecule has 0 aromatic heterocycles. The molecule has 0 radical (unpaired) electrons. The number of benzene rings is 2. The van der Waals surface area contributed by atoms with Crippen LogP contribution in [0.1, 0.15) is 35.3 Å². The minimum atomic E-state index is -1.05. The molecule has 0 atom stereocenters. The van der Waals surface area contributed by atoms with Gasteiger partial charge in [-0.15, -0.1) is 6.58 Å². The van der Waals surface area contributed by atoms with Crippen molar-refractivity contribution in [1.82, 2.24) is 4.90 Å². The first-order chi connectivity index (χ1) is 12.3. The molecule has 134 valence electrons.